The lowest BCUT2D eigenvalue weighted by molar-refractivity contribution is -0.0536. The lowest BCUT2D eigenvalue weighted by Crippen LogP contribution is -2.43. The van der Waals surface area contributed by atoms with E-state index >= 15 is 4.39 Å². The number of rotatable bonds is 10. The second-order valence-electron chi connectivity index (χ2n) is 11.9. The average molecular weight is 646 g/mol. The van der Waals surface area contributed by atoms with Gasteiger partial charge in [-0.15, -0.1) is 11.8 Å². The largest absolute Gasteiger partial charge is 0.372 e. The van der Waals surface area contributed by atoms with Gasteiger partial charge in [-0.25, -0.2) is 8.78 Å². The van der Waals surface area contributed by atoms with Crippen LogP contribution in [0.4, 0.5) is 8.78 Å². The Hall–Kier alpha value is -4.43. The quantitative estimate of drug-likeness (QED) is 0.113. The summed E-state index contributed by atoms with van der Waals surface area (Å²) in [7, 11) is 0. The third kappa shape index (κ3) is 5.84. The van der Waals surface area contributed by atoms with Crippen LogP contribution in [0.1, 0.15) is 39.0 Å². The topological polar surface area (TPSA) is 47.9 Å². The van der Waals surface area contributed by atoms with Crippen LogP contribution in [0.25, 0.3) is 0 Å². The molecule has 7 heteroatoms. The zero-order valence-corrected chi connectivity index (χ0v) is 26.4. The monoisotopic (exact) mass is 645 g/mol. The fraction of sp³-hybridized carbons (Fsp3) is 0.200. The molecule has 0 aromatic heterocycles. The van der Waals surface area contributed by atoms with Gasteiger partial charge < -0.3 is 9.47 Å². The predicted octanol–water partition coefficient (Wildman–Crippen LogP) is 8.60. The highest BCUT2D eigenvalue weighted by atomic mass is 32.2. The number of nitrogens with zero attached hydrogens (tertiary/aromatic N) is 1. The third-order valence-electron chi connectivity index (χ3n) is 9.16. The number of fused-ring (bicyclic) bond motifs is 1. The van der Waals surface area contributed by atoms with Crippen LogP contribution in [0.3, 0.4) is 0 Å². The number of Topliss-reactive ketones (excluding diaryl/α,β-unsaturated/α-hetero) is 1. The van der Waals surface area contributed by atoms with Gasteiger partial charge in [-0.2, -0.15) is 0 Å². The van der Waals surface area contributed by atoms with E-state index in [0.717, 1.165) is 22.8 Å². The highest BCUT2D eigenvalue weighted by molar-refractivity contribution is 8.14. The zero-order chi connectivity index (χ0) is 32.3. The summed E-state index contributed by atoms with van der Waals surface area (Å²) >= 11 is 1.47. The normalized spacial score (nSPS) is 20.8. The first-order valence-corrected chi connectivity index (χ1v) is 16.7. The van der Waals surface area contributed by atoms with Gasteiger partial charge in [0.1, 0.15) is 11.1 Å². The van der Waals surface area contributed by atoms with E-state index < -0.39 is 28.9 Å². The van der Waals surface area contributed by atoms with Crippen molar-refractivity contribution in [3.05, 3.63) is 179 Å². The maximum atomic E-state index is 15.6. The molecule has 0 bridgehead atoms. The Bertz CT molecular complexity index is 1780. The van der Waals surface area contributed by atoms with Crippen molar-refractivity contribution >= 4 is 22.6 Å². The molecule has 0 saturated carbocycles. The van der Waals surface area contributed by atoms with E-state index in [0.29, 0.717) is 16.4 Å². The maximum Gasteiger partial charge on any atom is 0.169 e. The molecule has 0 spiro atoms. The van der Waals surface area contributed by atoms with Crippen molar-refractivity contribution in [1.82, 2.24) is 0 Å². The molecular weight excluding hydrogens is 613 g/mol. The minimum absolute atomic E-state index is 0.0324. The number of carbonyl (C=O) groups excluding carboxylic acids is 1. The van der Waals surface area contributed by atoms with Crippen LogP contribution in [-0.2, 0) is 20.6 Å². The van der Waals surface area contributed by atoms with E-state index in [1.807, 2.05) is 72.8 Å². The van der Waals surface area contributed by atoms with Gasteiger partial charge in [0.2, 0.25) is 0 Å². The summed E-state index contributed by atoms with van der Waals surface area (Å²) in [4.78, 5) is 18.2. The van der Waals surface area contributed by atoms with Crippen LogP contribution in [0, 0.1) is 17.6 Å². The Morgan fingerprint density at radius 1 is 0.787 bits per heavy atom. The van der Waals surface area contributed by atoms with Crippen LogP contribution >= 0.6 is 11.8 Å². The van der Waals surface area contributed by atoms with Crippen molar-refractivity contribution in [2.45, 2.75) is 23.7 Å². The van der Waals surface area contributed by atoms with Gasteiger partial charge in [0, 0.05) is 22.8 Å². The van der Waals surface area contributed by atoms with Gasteiger partial charge >= 0.3 is 0 Å². The molecule has 0 aliphatic carbocycles. The van der Waals surface area contributed by atoms with Crippen LogP contribution in [0.15, 0.2) is 145 Å². The first-order valence-electron chi connectivity index (χ1n) is 15.7. The molecule has 5 aromatic carbocycles. The summed E-state index contributed by atoms with van der Waals surface area (Å²) in [5, 5.41) is 0.580. The molecule has 0 amide bonds. The Morgan fingerprint density at radius 2 is 1.34 bits per heavy atom. The van der Waals surface area contributed by atoms with E-state index in [1.54, 1.807) is 18.2 Å². The first kappa shape index (κ1) is 31.2. The van der Waals surface area contributed by atoms with Crippen LogP contribution < -0.4 is 0 Å². The van der Waals surface area contributed by atoms with Crippen molar-refractivity contribution in [2.75, 3.05) is 19.0 Å². The maximum absolute atomic E-state index is 15.6. The van der Waals surface area contributed by atoms with E-state index in [4.69, 9.17) is 14.5 Å². The summed E-state index contributed by atoms with van der Waals surface area (Å²) in [6.45, 7) is 0.195. The van der Waals surface area contributed by atoms with Gasteiger partial charge in [0.15, 0.2) is 17.4 Å². The minimum Gasteiger partial charge on any atom is -0.372 e. The fourth-order valence-electron chi connectivity index (χ4n) is 6.84. The van der Waals surface area contributed by atoms with E-state index in [-0.39, 0.29) is 36.9 Å². The smallest absolute Gasteiger partial charge is 0.169 e. The number of thioether (sulfide) groups is 1. The van der Waals surface area contributed by atoms with Gasteiger partial charge in [0.05, 0.1) is 30.8 Å². The molecule has 4 nitrogen and oxygen atoms in total. The van der Waals surface area contributed by atoms with Crippen molar-refractivity contribution in [3.63, 3.8) is 0 Å². The summed E-state index contributed by atoms with van der Waals surface area (Å²) in [6.07, 6.45) is -0.420. The number of aliphatic imine (C=N–C) groups is 1. The van der Waals surface area contributed by atoms with Gasteiger partial charge in [-0.05, 0) is 22.8 Å². The fourth-order valence-corrected chi connectivity index (χ4v) is 8.16. The molecule has 5 aromatic rings. The number of benzene rings is 5. The van der Waals surface area contributed by atoms with E-state index in [1.165, 1.54) is 17.8 Å². The molecule has 2 heterocycles. The second-order valence-corrected chi connectivity index (χ2v) is 12.9. The number of ether oxygens (including phenoxy) is 2. The summed E-state index contributed by atoms with van der Waals surface area (Å²) in [5.74, 6) is -1.82. The number of carbonyl (C=O) groups is 1. The Labute approximate surface area is 277 Å². The van der Waals surface area contributed by atoms with E-state index in [9.17, 15) is 9.18 Å². The number of hydrogen-bond donors (Lipinski definition) is 0. The van der Waals surface area contributed by atoms with Gasteiger partial charge in [0.25, 0.3) is 0 Å². The Balaban J connectivity index is 1.27. The molecule has 2 aliphatic heterocycles. The van der Waals surface area contributed by atoms with Gasteiger partial charge in [-0.3, -0.25) is 9.79 Å². The highest BCUT2D eigenvalue weighted by Gasteiger charge is 2.55. The lowest BCUT2D eigenvalue weighted by Gasteiger charge is -2.39. The first-order chi connectivity index (χ1) is 23.0. The van der Waals surface area contributed by atoms with Crippen molar-refractivity contribution in [2.24, 2.45) is 10.9 Å². The third-order valence-corrected chi connectivity index (χ3v) is 10.3. The molecule has 0 N–H and O–H groups in total. The summed E-state index contributed by atoms with van der Waals surface area (Å²) in [6, 6.07) is 43.4. The van der Waals surface area contributed by atoms with Crippen LogP contribution in [0.2, 0.25) is 0 Å². The standard InChI is InChI=1S/C40H33F2NO3S/c41-34-23-13-22-32(38(34)42)39-27-45-36(33(39)26-47-37(43-39)24-35(44)28-14-5-1-6-15-28)25-46-40(29-16-7-2-8-17-29,30-18-9-3-10-19-30)31-20-11-4-12-21-31/h1-23,33,36H,24-27H2/t33-,36-,39?/m1/s1. The van der Waals surface area contributed by atoms with Crippen LogP contribution in [0.5, 0.6) is 0 Å². The van der Waals surface area contributed by atoms with Crippen molar-refractivity contribution in [3.8, 4) is 0 Å². The molecule has 236 valence electrons. The van der Waals surface area contributed by atoms with Gasteiger partial charge in [-0.1, -0.05) is 133 Å². The summed E-state index contributed by atoms with van der Waals surface area (Å²) in [5.41, 5.74) is 1.39. The predicted molar refractivity (Wildman–Crippen MR) is 182 cm³/mol. The van der Waals surface area contributed by atoms with Crippen LogP contribution in [-0.4, -0.2) is 35.9 Å². The lowest BCUT2D eigenvalue weighted by atomic mass is 9.78. The SMILES string of the molecule is O=C(CC1=NC2(c3cccc(F)c3F)CO[C@H](COC(c3ccccc3)(c3ccccc3)c3ccccc3)[C@H]2CS1)c1ccccc1. The molecule has 2 aliphatic rings. The Kier molecular flexibility index (Phi) is 8.86. The molecule has 1 saturated heterocycles. The number of hydrogen-bond acceptors (Lipinski definition) is 5. The Morgan fingerprint density at radius 3 is 1.91 bits per heavy atom. The average Bonchev–Trinajstić information content (AvgIpc) is 3.50. The number of halogens is 2. The highest BCUT2D eigenvalue weighted by Crippen LogP contribution is 2.50. The second kappa shape index (κ2) is 13.4. The number of ketones is 1. The van der Waals surface area contributed by atoms with Crippen molar-refractivity contribution < 1.29 is 23.0 Å². The summed E-state index contributed by atoms with van der Waals surface area (Å²) < 4.78 is 43.9. The molecule has 3 atom stereocenters. The zero-order valence-electron chi connectivity index (χ0n) is 25.6. The van der Waals surface area contributed by atoms with E-state index in [2.05, 4.69) is 36.4 Å². The molecule has 1 unspecified atom stereocenters. The molecule has 7 rings (SSSR count). The molecular formula is C40H33F2NO3S. The minimum atomic E-state index is -1.22. The molecule has 47 heavy (non-hydrogen) atoms. The van der Waals surface area contributed by atoms with Crippen molar-refractivity contribution in [1.29, 1.82) is 0 Å². The molecule has 0 radical (unpaired) electrons. The molecule has 1 fully saturated rings.